The van der Waals surface area contributed by atoms with E-state index in [1.54, 1.807) is 0 Å². The minimum Gasteiger partial charge on any atom is -0.464 e. The molecule has 1 aromatic heterocycles. The fourth-order valence-corrected chi connectivity index (χ4v) is 1.04. The maximum atomic E-state index is 11.2. The Morgan fingerprint density at radius 3 is 1.88 bits per heavy atom. The highest BCUT2D eigenvalue weighted by molar-refractivity contribution is 5.92. The summed E-state index contributed by atoms with van der Waals surface area (Å²) in [7, 11) is 2.20. The Balaban J connectivity index is 3.33. The molecule has 1 heterocycles. The van der Waals surface area contributed by atoms with Crippen molar-refractivity contribution in [3.63, 3.8) is 0 Å². The molecule has 0 bridgehead atoms. The van der Waals surface area contributed by atoms with Gasteiger partial charge in [-0.3, -0.25) is 10.1 Å². The van der Waals surface area contributed by atoms with E-state index in [0.29, 0.717) is 0 Å². The van der Waals surface area contributed by atoms with Crippen LogP contribution in [-0.2, 0) is 9.47 Å². The van der Waals surface area contributed by atoms with Crippen molar-refractivity contribution in [3.05, 3.63) is 33.6 Å². The number of nitrogens with zero attached hydrogens (tertiary/aromatic N) is 2. The largest absolute Gasteiger partial charge is 0.464 e. The molecule has 0 spiro atoms. The number of carbonyl (C=O) groups excluding carboxylic acids is 2. The van der Waals surface area contributed by atoms with Gasteiger partial charge in [0.25, 0.3) is 5.69 Å². The van der Waals surface area contributed by atoms with E-state index in [-0.39, 0.29) is 11.4 Å². The Morgan fingerprint density at radius 2 is 1.59 bits per heavy atom. The van der Waals surface area contributed by atoms with Gasteiger partial charge in [0.15, 0.2) is 11.4 Å². The van der Waals surface area contributed by atoms with Crippen molar-refractivity contribution in [1.82, 2.24) is 4.98 Å². The van der Waals surface area contributed by atoms with Gasteiger partial charge < -0.3 is 9.47 Å². The van der Waals surface area contributed by atoms with Gasteiger partial charge in [0.05, 0.1) is 19.1 Å². The number of aromatic nitrogens is 1. The lowest BCUT2D eigenvalue weighted by molar-refractivity contribution is -0.385. The van der Waals surface area contributed by atoms with E-state index < -0.39 is 22.5 Å². The summed E-state index contributed by atoms with van der Waals surface area (Å²) >= 11 is 0. The molecule has 0 N–H and O–H groups in total. The monoisotopic (exact) mass is 240 g/mol. The highest BCUT2D eigenvalue weighted by Gasteiger charge is 2.20. The molecule has 0 saturated carbocycles. The number of hydrogen-bond acceptors (Lipinski definition) is 7. The molecule has 0 aliphatic carbocycles. The number of pyridine rings is 1. The Morgan fingerprint density at radius 1 is 1.18 bits per heavy atom. The number of ether oxygens (including phenoxy) is 2. The average molecular weight is 240 g/mol. The number of esters is 2. The fourth-order valence-electron chi connectivity index (χ4n) is 1.04. The lowest BCUT2D eigenvalue weighted by atomic mass is 10.2. The SMILES string of the molecule is COC(=O)c1cc([N+](=O)[O-])cc(C(=O)OC)n1. The minimum absolute atomic E-state index is 0.331. The number of rotatable bonds is 3. The van der Waals surface area contributed by atoms with Crippen LogP contribution in [0.15, 0.2) is 12.1 Å². The summed E-state index contributed by atoms with van der Waals surface area (Å²) in [5.41, 5.74) is -1.11. The number of methoxy groups -OCH3 is 2. The third-order valence-electron chi connectivity index (χ3n) is 1.81. The standard InChI is InChI=1S/C9H8N2O6/c1-16-8(12)6-3-5(11(14)15)4-7(10-6)9(13)17-2/h3-4H,1-2H3. The van der Waals surface area contributed by atoms with Crippen molar-refractivity contribution in [2.45, 2.75) is 0 Å². The topological polar surface area (TPSA) is 109 Å². The molecule has 0 unspecified atom stereocenters. The Labute approximate surface area is 95.3 Å². The molecule has 8 nitrogen and oxygen atoms in total. The first kappa shape index (κ1) is 12.6. The highest BCUT2D eigenvalue weighted by Crippen LogP contribution is 2.15. The van der Waals surface area contributed by atoms with Crippen LogP contribution in [0.25, 0.3) is 0 Å². The van der Waals surface area contributed by atoms with E-state index in [1.807, 2.05) is 0 Å². The van der Waals surface area contributed by atoms with Gasteiger partial charge in [-0.15, -0.1) is 0 Å². The molecule has 8 heteroatoms. The van der Waals surface area contributed by atoms with Crippen molar-refractivity contribution >= 4 is 17.6 Å². The molecule has 0 aromatic carbocycles. The first-order chi connectivity index (χ1) is 7.99. The minimum atomic E-state index is -0.876. The molecular formula is C9H8N2O6. The summed E-state index contributed by atoms with van der Waals surface area (Å²) in [5.74, 6) is -1.75. The average Bonchev–Trinajstić information content (AvgIpc) is 2.36. The molecule has 17 heavy (non-hydrogen) atoms. The second-order valence-corrected chi connectivity index (χ2v) is 2.84. The first-order valence-electron chi connectivity index (χ1n) is 4.32. The van der Waals surface area contributed by atoms with E-state index in [4.69, 9.17) is 0 Å². The molecule has 1 rings (SSSR count). The van der Waals surface area contributed by atoms with E-state index in [1.165, 1.54) is 0 Å². The molecule has 0 amide bonds. The van der Waals surface area contributed by atoms with Crippen molar-refractivity contribution in [1.29, 1.82) is 0 Å². The van der Waals surface area contributed by atoms with Crippen LogP contribution in [-0.4, -0.2) is 36.1 Å². The highest BCUT2D eigenvalue weighted by atomic mass is 16.6. The lowest BCUT2D eigenvalue weighted by Gasteiger charge is -2.02. The zero-order chi connectivity index (χ0) is 13.0. The van der Waals surface area contributed by atoms with E-state index in [0.717, 1.165) is 26.4 Å². The molecule has 90 valence electrons. The predicted molar refractivity (Wildman–Crippen MR) is 53.6 cm³/mol. The third kappa shape index (κ3) is 2.74. The number of carbonyl (C=O) groups is 2. The van der Waals surface area contributed by atoms with Crippen molar-refractivity contribution in [2.75, 3.05) is 14.2 Å². The van der Waals surface area contributed by atoms with Crippen LogP contribution >= 0.6 is 0 Å². The smallest absolute Gasteiger partial charge is 0.356 e. The quantitative estimate of drug-likeness (QED) is 0.431. The normalized spacial score (nSPS) is 9.53. The Bertz CT molecular complexity index is 450. The van der Waals surface area contributed by atoms with Crippen molar-refractivity contribution in [2.24, 2.45) is 0 Å². The molecule has 0 aliphatic heterocycles. The fraction of sp³-hybridized carbons (Fsp3) is 0.222. The zero-order valence-corrected chi connectivity index (χ0v) is 9.00. The van der Waals surface area contributed by atoms with Crippen LogP contribution < -0.4 is 0 Å². The first-order valence-corrected chi connectivity index (χ1v) is 4.32. The molecule has 0 atom stereocenters. The summed E-state index contributed by atoms with van der Waals surface area (Å²) in [5, 5.41) is 10.6. The van der Waals surface area contributed by atoms with Crippen LogP contribution in [0.5, 0.6) is 0 Å². The van der Waals surface area contributed by atoms with Gasteiger partial charge in [0, 0.05) is 12.1 Å². The Kier molecular flexibility index (Phi) is 3.70. The van der Waals surface area contributed by atoms with Crippen LogP contribution in [0.2, 0.25) is 0 Å². The van der Waals surface area contributed by atoms with Crippen molar-refractivity contribution in [3.8, 4) is 0 Å². The van der Waals surface area contributed by atoms with Crippen molar-refractivity contribution < 1.29 is 24.0 Å². The van der Waals surface area contributed by atoms with Crippen LogP contribution in [0, 0.1) is 10.1 Å². The second-order valence-electron chi connectivity index (χ2n) is 2.84. The Hall–Kier alpha value is -2.51. The maximum Gasteiger partial charge on any atom is 0.356 e. The van der Waals surface area contributed by atoms with Gasteiger partial charge in [-0.2, -0.15) is 0 Å². The summed E-state index contributed by atoms with van der Waals surface area (Å²) in [4.78, 5) is 35.8. The predicted octanol–water partition coefficient (Wildman–Crippen LogP) is 0.563. The van der Waals surface area contributed by atoms with Gasteiger partial charge in [-0.05, 0) is 0 Å². The summed E-state index contributed by atoms with van der Waals surface area (Å²) in [6.07, 6.45) is 0. The molecule has 0 radical (unpaired) electrons. The zero-order valence-electron chi connectivity index (χ0n) is 9.00. The molecule has 0 saturated heterocycles. The molecule has 1 aromatic rings. The lowest BCUT2D eigenvalue weighted by Crippen LogP contribution is -2.11. The van der Waals surface area contributed by atoms with E-state index >= 15 is 0 Å². The summed E-state index contributed by atoms with van der Waals surface area (Å²) in [6, 6.07) is 1.83. The molecule has 0 fully saturated rings. The van der Waals surface area contributed by atoms with Crippen LogP contribution in [0.3, 0.4) is 0 Å². The van der Waals surface area contributed by atoms with Gasteiger partial charge in [-0.25, -0.2) is 14.6 Å². The number of hydrogen-bond donors (Lipinski definition) is 0. The van der Waals surface area contributed by atoms with Crippen LogP contribution in [0.1, 0.15) is 21.0 Å². The van der Waals surface area contributed by atoms with Gasteiger partial charge in [0.1, 0.15) is 0 Å². The molecular weight excluding hydrogens is 232 g/mol. The van der Waals surface area contributed by atoms with Crippen LogP contribution in [0.4, 0.5) is 5.69 Å². The molecule has 0 aliphatic rings. The number of nitro groups is 1. The van der Waals surface area contributed by atoms with Gasteiger partial charge in [0.2, 0.25) is 0 Å². The van der Waals surface area contributed by atoms with Gasteiger partial charge in [-0.1, -0.05) is 0 Å². The van der Waals surface area contributed by atoms with E-state index in [2.05, 4.69) is 14.5 Å². The summed E-state index contributed by atoms with van der Waals surface area (Å²) in [6.45, 7) is 0. The second kappa shape index (κ2) is 5.01. The maximum absolute atomic E-state index is 11.2. The third-order valence-corrected chi connectivity index (χ3v) is 1.81. The van der Waals surface area contributed by atoms with Gasteiger partial charge >= 0.3 is 11.9 Å². The van der Waals surface area contributed by atoms with E-state index in [9.17, 15) is 19.7 Å². The summed E-state index contributed by atoms with van der Waals surface area (Å²) < 4.78 is 8.73.